The first-order chi connectivity index (χ1) is 12.7. The minimum absolute atomic E-state index is 0.0337. The van der Waals surface area contributed by atoms with Crippen LogP contribution >= 0.6 is 11.6 Å². The molecule has 3 rings (SSSR count). The van der Waals surface area contributed by atoms with Crippen molar-refractivity contribution in [3.8, 4) is 11.5 Å². The number of nitrogens with zero attached hydrogens (tertiary/aromatic N) is 2. The minimum atomic E-state index is -0.0337. The largest absolute Gasteiger partial charge is 0.497 e. The van der Waals surface area contributed by atoms with Crippen LogP contribution in [0.2, 0.25) is 5.02 Å². The molecule has 1 amide bonds. The second kappa shape index (κ2) is 8.90. The van der Waals surface area contributed by atoms with Crippen molar-refractivity contribution >= 4 is 17.5 Å². The molecule has 1 aromatic heterocycles. The Bertz CT molecular complexity index is 736. The van der Waals surface area contributed by atoms with Gasteiger partial charge in [0.2, 0.25) is 5.91 Å². The van der Waals surface area contributed by atoms with E-state index in [2.05, 4.69) is 4.98 Å². The topological polar surface area (TPSA) is 51.7 Å². The second-order valence-electron chi connectivity index (χ2n) is 6.38. The number of hydrogen-bond acceptors (Lipinski definition) is 4. The molecule has 26 heavy (non-hydrogen) atoms. The van der Waals surface area contributed by atoms with Gasteiger partial charge in [0.15, 0.2) is 0 Å². The molecule has 1 unspecified atom stereocenters. The fraction of sp³-hybridized carbons (Fsp3) is 0.400. The lowest BCUT2D eigenvalue weighted by atomic mass is 10.1. The quantitative estimate of drug-likeness (QED) is 0.772. The van der Waals surface area contributed by atoms with Crippen LogP contribution in [0.25, 0.3) is 0 Å². The predicted octanol–water partition coefficient (Wildman–Crippen LogP) is 3.75. The predicted molar refractivity (Wildman–Crippen MR) is 101 cm³/mol. The lowest BCUT2D eigenvalue weighted by Crippen LogP contribution is -2.44. The number of halogens is 1. The van der Waals surface area contributed by atoms with E-state index >= 15 is 0 Å². The highest BCUT2D eigenvalue weighted by atomic mass is 35.5. The highest BCUT2D eigenvalue weighted by molar-refractivity contribution is 6.31. The summed E-state index contributed by atoms with van der Waals surface area (Å²) in [5, 5.41) is 0.496. The van der Waals surface area contributed by atoms with Crippen molar-refractivity contribution in [2.75, 3.05) is 20.2 Å². The van der Waals surface area contributed by atoms with E-state index in [-0.39, 0.29) is 12.0 Å². The molecule has 2 aromatic rings. The van der Waals surface area contributed by atoms with Crippen LogP contribution in [-0.4, -0.2) is 42.1 Å². The maximum absolute atomic E-state index is 12.6. The van der Waals surface area contributed by atoms with Gasteiger partial charge in [0, 0.05) is 31.4 Å². The zero-order valence-corrected chi connectivity index (χ0v) is 15.6. The SMILES string of the molecule is COc1ccc(CCC(=O)N2CCCC(Oc3ccncc3Cl)C2)cc1. The lowest BCUT2D eigenvalue weighted by Gasteiger charge is -2.33. The third-order valence-corrected chi connectivity index (χ3v) is 4.83. The molecule has 1 aliphatic heterocycles. The number of likely N-dealkylation sites (tertiary alicyclic amines) is 1. The van der Waals surface area contributed by atoms with Crippen molar-refractivity contribution in [2.45, 2.75) is 31.8 Å². The third kappa shape index (κ3) is 4.88. The van der Waals surface area contributed by atoms with E-state index in [0.29, 0.717) is 23.7 Å². The Labute approximate surface area is 158 Å². The van der Waals surface area contributed by atoms with E-state index in [9.17, 15) is 4.79 Å². The Morgan fingerprint density at radius 1 is 1.31 bits per heavy atom. The van der Waals surface area contributed by atoms with Crippen LogP contribution in [0.1, 0.15) is 24.8 Å². The summed E-state index contributed by atoms with van der Waals surface area (Å²) in [7, 11) is 1.65. The van der Waals surface area contributed by atoms with Crippen molar-refractivity contribution < 1.29 is 14.3 Å². The summed E-state index contributed by atoms with van der Waals surface area (Å²) in [4.78, 5) is 18.4. The highest BCUT2D eigenvalue weighted by Gasteiger charge is 2.25. The first kappa shape index (κ1) is 18.5. The molecule has 1 atom stereocenters. The van der Waals surface area contributed by atoms with Crippen molar-refractivity contribution in [1.82, 2.24) is 9.88 Å². The third-order valence-electron chi connectivity index (χ3n) is 4.55. The summed E-state index contributed by atoms with van der Waals surface area (Å²) in [6.07, 6.45) is 6.26. The van der Waals surface area contributed by atoms with Crippen LogP contribution in [0, 0.1) is 0 Å². The van der Waals surface area contributed by atoms with Crippen LogP contribution in [0.5, 0.6) is 11.5 Å². The average Bonchev–Trinajstić information content (AvgIpc) is 2.68. The zero-order valence-electron chi connectivity index (χ0n) is 14.9. The molecular formula is C20H23ClN2O3. The Morgan fingerprint density at radius 2 is 2.12 bits per heavy atom. The Balaban J connectivity index is 1.51. The maximum atomic E-state index is 12.6. The number of methoxy groups -OCH3 is 1. The molecule has 1 aromatic carbocycles. The molecule has 138 valence electrons. The monoisotopic (exact) mass is 374 g/mol. The van der Waals surface area contributed by atoms with Gasteiger partial charge in [-0.2, -0.15) is 0 Å². The first-order valence-electron chi connectivity index (χ1n) is 8.82. The van der Waals surface area contributed by atoms with Crippen LogP contribution in [0.3, 0.4) is 0 Å². The molecule has 1 saturated heterocycles. The minimum Gasteiger partial charge on any atom is -0.497 e. The second-order valence-corrected chi connectivity index (χ2v) is 6.78. The van der Waals surface area contributed by atoms with E-state index in [1.807, 2.05) is 29.2 Å². The molecule has 1 fully saturated rings. The van der Waals surface area contributed by atoms with E-state index in [1.165, 1.54) is 0 Å². The number of aromatic nitrogens is 1. The van der Waals surface area contributed by atoms with Crippen LogP contribution in [-0.2, 0) is 11.2 Å². The zero-order chi connectivity index (χ0) is 18.4. The summed E-state index contributed by atoms with van der Waals surface area (Å²) in [5.41, 5.74) is 1.13. The van der Waals surface area contributed by atoms with Crippen LogP contribution in [0.15, 0.2) is 42.7 Å². The van der Waals surface area contributed by atoms with Gasteiger partial charge in [-0.05, 0) is 37.0 Å². The van der Waals surface area contributed by atoms with Gasteiger partial charge in [0.25, 0.3) is 0 Å². The molecule has 2 heterocycles. The summed E-state index contributed by atoms with van der Waals surface area (Å²) in [5.74, 6) is 1.61. The number of carbonyl (C=O) groups is 1. The molecule has 6 heteroatoms. The number of amides is 1. The number of pyridine rings is 1. The molecule has 0 bridgehead atoms. The number of rotatable bonds is 6. The summed E-state index contributed by atoms with van der Waals surface area (Å²) in [6, 6.07) is 9.60. The van der Waals surface area contributed by atoms with Crippen LogP contribution < -0.4 is 9.47 Å². The smallest absolute Gasteiger partial charge is 0.223 e. The van der Waals surface area contributed by atoms with E-state index in [4.69, 9.17) is 21.1 Å². The Hall–Kier alpha value is -2.27. The van der Waals surface area contributed by atoms with Gasteiger partial charge in [-0.1, -0.05) is 23.7 Å². The van der Waals surface area contributed by atoms with Gasteiger partial charge < -0.3 is 14.4 Å². The summed E-state index contributed by atoms with van der Waals surface area (Å²) < 4.78 is 11.1. The van der Waals surface area contributed by atoms with Gasteiger partial charge in [-0.25, -0.2) is 0 Å². The molecule has 0 saturated carbocycles. The number of piperidine rings is 1. The normalized spacial score (nSPS) is 17.0. The van der Waals surface area contributed by atoms with Gasteiger partial charge in [-0.15, -0.1) is 0 Å². The number of benzene rings is 1. The molecule has 0 spiro atoms. The van der Waals surface area contributed by atoms with Crippen molar-refractivity contribution in [1.29, 1.82) is 0 Å². The summed E-state index contributed by atoms with van der Waals surface area (Å²) in [6.45, 7) is 1.38. The number of aryl methyl sites for hydroxylation is 1. The van der Waals surface area contributed by atoms with Crippen molar-refractivity contribution in [3.05, 3.63) is 53.3 Å². The molecular weight excluding hydrogens is 352 g/mol. The van der Waals surface area contributed by atoms with E-state index < -0.39 is 0 Å². The number of ether oxygens (including phenoxy) is 2. The van der Waals surface area contributed by atoms with Gasteiger partial charge in [-0.3, -0.25) is 9.78 Å². The molecule has 0 N–H and O–H groups in total. The maximum Gasteiger partial charge on any atom is 0.223 e. The van der Waals surface area contributed by atoms with Gasteiger partial charge in [0.1, 0.15) is 22.6 Å². The highest BCUT2D eigenvalue weighted by Crippen LogP contribution is 2.25. The Morgan fingerprint density at radius 3 is 2.85 bits per heavy atom. The van der Waals surface area contributed by atoms with Gasteiger partial charge >= 0.3 is 0 Å². The molecule has 0 radical (unpaired) electrons. The molecule has 1 aliphatic rings. The lowest BCUT2D eigenvalue weighted by molar-refractivity contribution is -0.133. The van der Waals surface area contributed by atoms with Crippen molar-refractivity contribution in [2.24, 2.45) is 0 Å². The number of hydrogen-bond donors (Lipinski definition) is 0. The number of carbonyl (C=O) groups excluding carboxylic acids is 1. The van der Waals surface area contributed by atoms with E-state index in [0.717, 1.165) is 37.1 Å². The molecule has 5 nitrogen and oxygen atoms in total. The standard InChI is InChI=1S/C20H23ClN2O3/c1-25-16-7-4-15(5-8-16)6-9-20(24)23-12-2-3-17(14-23)26-19-10-11-22-13-18(19)21/h4-5,7-8,10-11,13,17H,2-3,6,9,12,14H2,1H3. The van der Waals surface area contributed by atoms with Crippen LogP contribution in [0.4, 0.5) is 0 Å². The fourth-order valence-corrected chi connectivity index (χ4v) is 3.26. The average molecular weight is 375 g/mol. The summed E-state index contributed by atoms with van der Waals surface area (Å²) >= 11 is 6.10. The van der Waals surface area contributed by atoms with E-state index in [1.54, 1.807) is 25.6 Å². The van der Waals surface area contributed by atoms with Gasteiger partial charge in [0.05, 0.1) is 13.7 Å². The molecule has 0 aliphatic carbocycles. The Kier molecular flexibility index (Phi) is 6.34. The fourth-order valence-electron chi connectivity index (χ4n) is 3.10. The van der Waals surface area contributed by atoms with Crippen molar-refractivity contribution in [3.63, 3.8) is 0 Å². The first-order valence-corrected chi connectivity index (χ1v) is 9.20.